The summed E-state index contributed by atoms with van der Waals surface area (Å²) < 4.78 is 77.1. The fourth-order valence-electron chi connectivity index (χ4n) is 2.27. The average Bonchev–Trinajstić information content (AvgIpc) is 2.65. The zero-order valence-corrected chi connectivity index (χ0v) is 16.3. The third-order valence-electron chi connectivity index (χ3n) is 3.56. The second-order valence-electron chi connectivity index (χ2n) is 5.52. The van der Waals surface area contributed by atoms with Crippen LogP contribution in [0.2, 0.25) is 6.04 Å². The maximum atomic E-state index is 13.5. The maximum absolute atomic E-state index is 13.5. The summed E-state index contributed by atoms with van der Waals surface area (Å²) in [5.74, 6) is -10.7. The highest BCUT2D eigenvalue weighted by Gasteiger charge is 2.26. The van der Waals surface area contributed by atoms with Crippen molar-refractivity contribution in [3.63, 3.8) is 0 Å². The summed E-state index contributed by atoms with van der Waals surface area (Å²) in [5.41, 5.74) is -1.38. The number of halogens is 5. The first-order valence-corrected chi connectivity index (χ1v) is 10.4. The van der Waals surface area contributed by atoms with Crippen LogP contribution in [0.25, 0.3) is 0 Å². The van der Waals surface area contributed by atoms with Crippen LogP contribution in [0.3, 0.4) is 0 Å². The molecule has 5 nitrogen and oxygen atoms in total. The first-order valence-electron chi connectivity index (χ1n) is 8.62. The third-order valence-corrected chi connectivity index (χ3v) is 5.85. The molecular weight excluding hydrogens is 391 g/mol. The van der Waals surface area contributed by atoms with E-state index in [0.29, 0.717) is 19.6 Å². The standard InChI is InChI=1S/C16H23F5N2O3Si/c1-3-25-27(26-4-2)9-7-5-6-8-22-16(24)23-15-13(20)11(18)10(17)12(19)14(15)21/h27H,3-9H2,1-2H3,(H2,22,23,24). The zero-order valence-electron chi connectivity index (χ0n) is 15.1. The van der Waals surface area contributed by atoms with Crippen LogP contribution in [-0.2, 0) is 8.85 Å². The van der Waals surface area contributed by atoms with Crippen molar-refractivity contribution in [2.24, 2.45) is 0 Å². The van der Waals surface area contributed by atoms with E-state index < -0.39 is 50.1 Å². The van der Waals surface area contributed by atoms with Gasteiger partial charge in [-0.1, -0.05) is 12.8 Å². The summed E-state index contributed by atoms with van der Waals surface area (Å²) in [5, 5.41) is 3.95. The van der Waals surface area contributed by atoms with Crippen molar-refractivity contribution in [3.8, 4) is 0 Å². The molecule has 0 saturated heterocycles. The Hall–Kier alpha value is -1.72. The van der Waals surface area contributed by atoms with Crippen LogP contribution in [-0.4, -0.2) is 35.1 Å². The number of rotatable bonds is 11. The van der Waals surface area contributed by atoms with E-state index in [9.17, 15) is 26.7 Å². The van der Waals surface area contributed by atoms with Gasteiger partial charge in [-0.2, -0.15) is 0 Å². The van der Waals surface area contributed by atoms with Crippen LogP contribution in [0.1, 0.15) is 33.1 Å². The Labute approximate surface area is 156 Å². The van der Waals surface area contributed by atoms with E-state index in [4.69, 9.17) is 8.85 Å². The van der Waals surface area contributed by atoms with Crippen molar-refractivity contribution in [2.45, 2.75) is 39.2 Å². The van der Waals surface area contributed by atoms with Gasteiger partial charge in [0.15, 0.2) is 23.3 Å². The molecule has 2 amide bonds. The van der Waals surface area contributed by atoms with E-state index in [1.165, 1.54) is 0 Å². The minimum absolute atomic E-state index is 0.177. The minimum Gasteiger partial charge on any atom is -0.397 e. The Morgan fingerprint density at radius 1 is 0.852 bits per heavy atom. The van der Waals surface area contributed by atoms with Gasteiger partial charge in [0.05, 0.1) is 0 Å². The minimum atomic E-state index is -2.28. The van der Waals surface area contributed by atoms with E-state index >= 15 is 0 Å². The van der Waals surface area contributed by atoms with Crippen molar-refractivity contribution in [2.75, 3.05) is 25.1 Å². The summed E-state index contributed by atoms with van der Waals surface area (Å²) in [6.07, 6.45) is 2.16. The summed E-state index contributed by atoms with van der Waals surface area (Å²) in [6, 6.07) is -0.243. The monoisotopic (exact) mass is 414 g/mol. The molecule has 154 valence electrons. The second kappa shape index (κ2) is 11.9. The first kappa shape index (κ1) is 23.3. The fraction of sp³-hybridized carbons (Fsp3) is 0.562. The van der Waals surface area contributed by atoms with Crippen molar-refractivity contribution < 1.29 is 35.6 Å². The molecular formula is C16H23F5N2O3Si. The van der Waals surface area contributed by atoms with Gasteiger partial charge in [0.1, 0.15) is 5.69 Å². The summed E-state index contributed by atoms with van der Waals surface area (Å²) in [7, 11) is -1.66. The number of carbonyl (C=O) groups is 1. The quantitative estimate of drug-likeness (QED) is 0.189. The number of unbranched alkanes of at least 4 members (excludes halogenated alkanes) is 2. The number of hydrogen-bond acceptors (Lipinski definition) is 3. The van der Waals surface area contributed by atoms with Gasteiger partial charge in [0, 0.05) is 19.8 Å². The third kappa shape index (κ3) is 7.07. The first-order chi connectivity index (χ1) is 12.8. The normalized spacial score (nSPS) is 11.1. The Kier molecular flexibility index (Phi) is 10.3. The molecule has 0 saturated carbocycles. The molecule has 1 aromatic carbocycles. The smallest absolute Gasteiger partial charge is 0.321 e. The molecule has 0 aliphatic carbocycles. The Morgan fingerprint density at radius 2 is 1.37 bits per heavy atom. The van der Waals surface area contributed by atoms with E-state index in [1.807, 2.05) is 13.8 Å². The molecule has 1 rings (SSSR count). The molecule has 0 aliphatic rings. The predicted molar refractivity (Wildman–Crippen MR) is 92.3 cm³/mol. The topological polar surface area (TPSA) is 59.6 Å². The number of urea groups is 1. The van der Waals surface area contributed by atoms with E-state index in [2.05, 4.69) is 5.32 Å². The van der Waals surface area contributed by atoms with E-state index in [0.717, 1.165) is 18.9 Å². The number of hydrogen-bond donors (Lipinski definition) is 2. The second-order valence-corrected chi connectivity index (χ2v) is 7.62. The van der Waals surface area contributed by atoms with Crippen LogP contribution < -0.4 is 10.6 Å². The molecule has 0 aromatic heterocycles. The molecule has 11 heteroatoms. The molecule has 2 N–H and O–H groups in total. The number of benzene rings is 1. The van der Waals surface area contributed by atoms with Crippen LogP contribution in [0.15, 0.2) is 0 Å². The molecule has 0 spiro atoms. The van der Waals surface area contributed by atoms with Gasteiger partial charge in [-0.3, -0.25) is 0 Å². The fourth-order valence-corrected chi connectivity index (χ4v) is 4.07. The predicted octanol–water partition coefficient (Wildman–Crippen LogP) is 3.97. The highest BCUT2D eigenvalue weighted by atomic mass is 28.3. The summed E-state index contributed by atoms with van der Waals surface area (Å²) in [6.45, 7) is 5.15. The molecule has 0 bridgehead atoms. The highest BCUT2D eigenvalue weighted by Crippen LogP contribution is 2.26. The SMILES string of the molecule is CCO[SiH](CCCCCNC(=O)Nc1c(F)c(F)c(F)c(F)c1F)OCC. The number of anilines is 1. The largest absolute Gasteiger partial charge is 0.397 e. The van der Waals surface area contributed by atoms with Gasteiger partial charge in [0.2, 0.25) is 5.82 Å². The van der Waals surface area contributed by atoms with Crippen LogP contribution in [0.4, 0.5) is 32.4 Å². The van der Waals surface area contributed by atoms with Gasteiger partial charge in [0.25, 0.3) is 0 Å². The van der Waals surface area contributed by atoms with Crippen molar-refractivity contribution in [1.29, 1.82) is 0 Å². The Bertz CT molecular complexity index is 602. The lowest BCUT2D eigenvalue weighted by Crippen LogP contribution is -2.30. The highest BCUT2D eigenvalue weighted by molar-refractivity contribution is 6.44. The lowest BCUT2D eigenvalue weighted by molar-refractivity contribution is 0.212. The zero-order chi connectivity index (χ0) is 20.4. The Balaban J connectivity index is 2.39. The molecule has 0 unspecified atom stereocenters. The van der Waals surface area contributed by atoms with Crippen molar-refractivity contribution >= 4 is 21.0 Å². The Morgan fingerprint density at radius 3 is 1.89 bits per heavy atom. The van der Waals surface area contributed by atoms with Crippen molar-refractivity contribution in [3.05, 3.63) is 29.1 Å². The lowest BCUT2D eigenvalue weighted by atomic mass is 10.2. The van der Waals surface area contributed by atoms with Crippen LogP contribution in [0.5, 0.6) is 0 Å². The molecule has 0 radical (unpaired) electrons. The lowest BCUT2D eigenvalue weighted by Gasteiger charge is -2.14. The van der Waals surface area contributed by atoms with E-state index in [-0.39, 0.29) is 6.54 Å². The number of carbonyl (C=O) groups excluding carboxylic acids is 1. The summed E-state index contributed by atoms with van der Waals surface area (Å²) in [4.78, 5) is 11.6. The average molecular weight is 414 g/mol. The molecule has 0 heterocycles. The van der Waals surface area contributed by atoms with Crippen LogP contribution >= 0.6 is 0 Å². The maximum Gasteiger partial charge on any atom is 0.321 e. The van der Waals surface area contributed by atoms with Crippen LogP contribution in [0, 0.1) is 29.1 Å². The van der Waals surface area contributed by atoms with Gasteiger partial charge >= 0.3 is 15.3 Å². The summed E-state index contributed by atoms with van der Waals surface area (Å²) >= 11 is 0. The van der Waals surface area contributed by atoms with Gasteiger partial charge in [-0.25, -0.2) is 26.7 Å². The van der Waals surface area contributed by atoms with Gasteiger partial charge in [-0.05, 0) is 26.3 Å². The molecule has 27 heavy (non-hydrogen) atoms. The molecule has 1 aromatic rings. The van der Waals surface area contributed by atoms with Gasteiger partial charge < -0.3 is 19.5 Å². The molecule has 0 fully saturated rings. The molecule has 0 atom stereocenters. The molecule has 0 aliphatic heterocycles. The van der Waals surface area contributed by atoms with Crippen molar-refractivity contribution in [1.82, 2.24) is 5.32 Å². The van der Waals surface area contributed by atoms with E-state index in [1.54, 1.807) is 5.32 Å². The van der Waals surface area contributed by atoms with Gasteiger partial charge in [-0.15, -0.1) is 0 Å². The number of nitrogens with one attached hydrogen (secondary N) is 2. The number of amides is 2.